The van der Waals surface area contributed by atoms with E-state index in [1.165, 1.54) is 7.11 Å². The van der Waals surface area contributed by atoms with Crippen LogP contribution in [0, 0.1) is 6.92 Å². The fraction of sp³-hybridized carbons (Fsp3) is 0.333. The summed E-state index contributed by atoms with van der Waals surface area (Å²) in [5.74, 6) is 0.951. The number of carbonyl (C=O) groups is 2. The van der Waals surface area contributed by atoms with E-state index >= 15 is 0 Å². The van der Waals surface area contributed by atoms with Gasteiger partial charge in [-0.15, -0.1) is 0 Å². The van der Waals surface area contributed by atoms with Crippen LogP contribution in [0.15, 0.2) is 30.3 Å². The summed E-state index contributed by atoms with van der Waals surface area (Å²) in [5.41, 5.74) is 2.15. The molecule has 0 atom stereocenters. The summed E-state index contributed by atoms with van der Waals surface area (Å²) >= 11 is 0. The summed E-state index contributed by atoms with van der Waals surface area (Å²) in [6, 6.07) is 8.85. The molecular formula is C18H21N5O3. The number of ether oxygens (including phenoxy) is 1. The van der Waals surface area contributed by atoms with Crippen LogP contribution in [-0.2, 0) is 9.53 Å². The van der Waals surface area contributed by atoms with E-state index in [1.54, 1.807) is 29.2 Å². The van der Waals surface area contributed by atoms with Gasteiger partial charge in [0.2, 0.25) is 12.4 Å². The molecule has 0 unspecified atom stereocenters. The van der Waals surface area contributed by atoms with E-state index in [0.717, 1.165) is 17.8 Å². The standard InChI is InChI=1S/C18H21N5O3/c1-13-11-16(20-15-5-3-14(4-6-15)17(25)26-2)21-18(19-13)23-9-7-22(12-24)8-10-23/h3-6,11-12H,7-10H2,1-2H3,(H,19,20,21). The van der Waals surface area contributed by atoms with Crippen molar-refractivity contribution >= 4 is 29.8 Å². The largest absolute Gasteiger partial charge is 0.465 e. The van der Waals surface area contributed by atoms with Gasteiger partial charge in [-0.25, -0.2) is 9.78 Å². The number of benzene rings is 1. The van der Waals surface area contributed by atoms with E-state index < -0.39 is 0 Å². The number of aryl methyl sites for hydroxylation is 1. The number of anilines is 3. The van der Waals surface area contributed by atoms with Gasteiger partial charge in [-0.3, -0.25) is 4.79 Å². The average Bonchev–Trinajstić information content (AvgIpc) is 2.67. The van der Waals surface area contributed by atoms with Crippen LogP contribution in [0.25, 0.3) is 0 Å². The molecule has 0 radical (unpaired) electrons. The highest BCUT2D eigenvalue weighted by atomic mass is 16.5. The number of amides is 1. The van der Waals surface area contributed by atoms with Crippen molar-refractivity contribution in [1.29, 1.82) is 0 Å². The molecule has 8 heteroatoms. The van der Waals surface area contributed by atoms with Crippen LogP contribution in [0.3, 0.4) is 0 Å². The molecule has 1 N–H and O–H groups in total. The second-order valence-corrected chi connectivity index (χ2v) is 6.02. The minimum absolute atomic E-state index is 0.369. The fourth-order valence-corrected chi connectivity index (χ4v) is 2.74. The number of piperazine rings is 1. The highest BCUT2D eigenvalue weighted by Gasteiger charge is 2.18. The molecule has 3 rings (SSSR count). The first-order valence-corrected chi connectivity index (χ1v) is 8.34. The van der Waals surface area contributed by atoms with Crippen molar-refractivity contribution in [3.8, 4) is 0 Å². The van der Waals surface area contributed by atoms with E-state index in [9.17, 15) is 9.59 Å². The Kier molecular flexibility index (Phi) is 5.31. The van der Waals surface area contributed by atoms with Crippen LogP contribution < -0.4 is 10.2 Å². The van der Waals surface area contributed by atoms with E-state index in [4.69, 9.17) is 4.74 Å². The first kappa shape index (κ1) is 17.7. The number of methoxy groups -OCH3 is 1. The van der Waals surface area contributed by atoms with Gasteiger partial charge in [0.05, 0.1) is 12.7 Å². The van der Waals surface area contributed by atoms with Crippen molar-refractivity contribution in [3.05, 3.63) is 41.6 Å². The van der Waals surface area contributed by atoms with Crippen LogP contribution >= 0.6 is 0 Å². The third-order valence-corrected chi connectivity index (χ3v) is 4.17. The van der Waals surface area contributed by atoms with Gasteiger partial charge < -0.3 is 19.9 Å². The predicted molar refractivity (Wildman–Crippen MR) is 97.7 cm³/mol. The Morgan fingerprint density at radius 2 is 1.85 bits per heavy atom. The van der Waals surface area contributed by atoms with Gasteiger partial charge in [-0.05, 0) is 31.2 Å². The summed E-state index contributed by atoms with van der Waals surface area (Å²) in [6.07, 6.45) is 0.874. The van der Waals surface area contributed by atoms with Crippen molar-refractivity contribution in [1.82, 2.24) is 14.9 Å². The zero-order valence-corrected chi connectivity index (χ0v) is 14.8. The lowest BCUT2D eigenvalue weighted by Crippen LogP contribution is -2.46. The highest BCUT2D eigenvalue weighted by Crippen LogP contribution is 2.20. The number of carbonyl (C=O) groups excluding carboxylic acids is 2. The Hall–Kier alpha value is -3.16. The molecule has 0 aliphatic carbocycles. The summed E-state index contributed by atoms with van der Waals surface area (Å²) in [6.45, 7) is 4.65. The van der Waals surface area contributed by atoms with Crippen LogP contribution in [-0.4, -0.2) is 60.5 Å². The minimum atomic E-state index is -0.369. The molecule has 26 heavy (non-hydrogen) atoms. The van der Waals surface area contributed by atoms with Gasteiger partial charge in [0.15, 0.2) is 0 Å². The average molecular weight is 355 g/mol. The molecule has 1 aliphatic rings. The maximum absolute atomic E-state index is 11.5. The van der Waals surface area contributed by atoms with E-state index in [0.29, 0.717) is 43.5 Å². The maximum Gasteiger partial charge on any atom is 0.337 e. The summed E-state index contributed by atoms with van der Waals surface area (Å²) in [4.78, 5) is 35.2. The lowest BCUT2D eigenvalue weighted by Gasteiger charge is -2.32. The minimum Gasteiger partial charge on any atom is -0.465 e. The van der Waals surface area contributed by atoms with Crippen molar-refractivity contribution < 1.29 is 14.3 Å². The second kappa shape index (κ2) is 7.81. The molecule has 8 nitrogen and oxygen atoms in total. The summed E-state index contributed by atoms with van der Waals surface area (Å²) in [7, 11) is 1.36. The molecule has 0 bridgehead atoms. The molecule has 1 amide bonds. The van der Waals surface area contributed by atoms with Gasteiger partial charge >= 0.3 is 5.97 Å². The molecule has 2 aromatic rings. The monoisotopic (exact) mass is 355 g/mol. The third kappa shape index (κ3) is 4.08. The molecule has 1 fully saturated rings. The van der Waals surface area contributed by atoms with Crippen LogP contribution in [0.2, 0.25) is 0 Å². The number of aromatic nitrogens is 2. The van der Waals surface area contributed by atoms with Crippen molar-refractivity contribution in [2.24, 2.45) is 0 Å². The van der Waals surface area contributed by atoms with Crippen LogP contribution in [0.5, 0.6) is 0 Å². The lowest BCUT2D eigenvalue weighted by atomic mass is 10.2. The SMILES string of the molecule is COC(=O)c1ccc(Nc2cc(C)nc(N3CCN(C=O)CC3)n2)cc1. The number of esters is 1. The normalized spacial score (nSPS) is 14.1. The Balaban J connectivity index is 1.73. The Bertz CT molecular complexity index is 786. The van der Waals surface area contributed by atoms with E-state index in [1.807, 2.05) is 13.0 Å². The topological polar surface area (TPSA) is 87.7 Å². The van der Waals surface area contributed by atoms with Gasteiger partial charge in [-0.1, -0.05) is 0 Å². The first-order valence-electron chi connectivity index (χ1n) is 8.34. The number of nitrogens with one attached hydrogen (secondary N) is 1. The predicted octanol–water partition coefficient (Wildman–Crippen LogP) is 1.59. The fourth-order valence-electron chi connectivity index (χ4n) is 2.74. The summed E-state index contributed by atoms with van der Waals surface area (Å²) in [5, 5.41) is 3.23. The molecule has 136 valence electrons. The van der Waals surface area contributed by atoms with Gasteiger partial charge in [0, 0.05) is 43.6 Å². The van der Waals surface area contributed by atoms with E-state index in [2.05, 4.69) is 20.2 Å². The molecule has 1 aromatic carbocycles. The molecule has 1 aromatic heterocycles. The van der Waals surface area contributed by atoms with Crippen LogP contribution in [0.1, 0.15) is 16.1 Å². The Labute approximate surface area is 151 Å². The highest BCUT2D eigenvalue weighted by molar-refractivity contribution is 5.89. The zero-order valence-electron chi connectivity index (χ0n) is 14.8. The number of rotatable bonds is 5. The summed E-state index contributed by atoms with van der Waals surface area (Å²) < 4.78 is 4.70. The third-order valence-electron chi connectivity index (χ3n) is 4.17. The molecule has 1 saturated heterocycles. The number of hydrogen-bond donors (Lipinski definition) is 1. The van der Waals surface area contributed by atoms with Crippen molar-refractivity contribution in [2.45, 2.75) is 6.92 Å². The smallest absolute Gasteiger partial charge is 0.337 e. The second-order valence-electron chi connectivity index (χ2n) is 6.02. The van der Waals surface area contributed by atoms with Gasteiger partial charge in [0.1, 0.15) is 5.82 Å². The van der Waals surface area contributed by atoms with Crippen molar-refractivity contribution in [2.75, 3.05) is 43.5 Å². The maximum atomic E-state index is 11.5. The number of nitrogens with zero attached hydrogens (tertiary/aromatic N) is 4. The van der Waals surface area contributed by atoms with Crippen molar-refractivity contribution in [3.63, 3.8) is 0 Å². The Morgan fingerprint density at radius 1 is 1.15 bits per heavy atom. The van der Waals surface area contributed by atoms with E-state index in [-0.39, 0.29) is 5.97 Å². The quantitative estimate of drug-likeness (QED) is 0.644. The molecule has 0 saturated carbocycles. The number of hydrogen-bond acceptors (Lipinski definition) is 7. The molecule has 2 heterocycles. The first-order chi connectivity index (χ1) is 12.6. The van der Waals surface area contributed by atoms with Crippen LogP contribution in [0.4, 0.5) is 17.5 Å². The Morgan fingerprint density at radius 3 is 2.46 bits per heavy atom. The molecular weight excluding hydrogens is 334 g/mol. The lowest BCUT2D eigenvalue weighted by molar-refractivity contribution is -0.118. The zero-order chi connectivity index (χ0) is 18.5. The molecule has 0 spiro atoms. The van der Waals surface area contributed by atoms with Gasteiger partial charge in [0.25, 0.3) is 0 Å². The molecule has 1 aliphatic heterocycles. The van der Waals surface area contributed by atoms with Gasteiger partial charge in [-0.2, -0.15) is 4.98 Å².